The maximum Gasteiger partial charge on any atom is 0.274 e. The molecule has 1 fully saturated rings. The molecule has 10 heteroatoms. The zero-order valence-electron chi connectivity index (χ0n) is 16.2. The van der Waals surface area contributed by atoms with Crippen LogP contribution in [0.5, 0.6) is 0 Å². The van der Waals surface area contributed by atoms with E-state index in [0.29, 0.717) is 11.8 Å². The van der Waals surface area contributed by atoms with Crippen molar-refractivity contribution >= 4 is 39.1 Å². The first kappa shape index (κ1) is 22.5. The van der Waals surface area contributed by atoms with Gasteiger partial charge >= 0.3 is 0 Å². The fraction of sp³-hybridized carbons (Fsp3) is 0.611. The molecule has 0 unspecified atom stereocenters. The van der Waals surface area contributed by atoms with Crippen LogP contribution in [0.3, 0.4) is 0 Å². The minimum atomic E-state index is -3.78. The van der Waals surface area contributed by atoms with Crippen molar-refractivity contribution in [1.82, 2.24) is 5.32 Å². The smallest absolute Gasteiger partial charge is 0.274 e. The number of rotatable bonds is 9. The first-order chi connectivity index (χ1) is 13.2. The van der Waals surface area contributed by atoms with Crippen molar-refractivity contribution in [2.24, 2.45) is 0 Å². The van der Waals surface area contributed by atoms with E-state index in [9.17, 15) is 23.3 Å². The lowest BCUT2D eigenvalue weighted by atomic mass is 10.0. The van der Waals surface area contributed by atoms with Crippen LogP contribution in [0.25, 0.3) is 0 Å². The van der Waals surface area contributed by atoms with Crippen molar-refractivity contribution in [3.63, 3.8) is 0 Å². The number of carbonyl (C=O) groups excluding carboxylic acids is 1. The van der Waals surface area contributed by atoms with Crippen LogP contribution < -0.4 is 9.62 Å². The molecule has 0 saturated heterocycles. The van der Waals surface area contributed by atoms with Gasteiger partial charge in [-0.25, -0.2) is 8.42 Å². The predicted octanol–water partition coefficient (Wildman–Crippen LogP) is 2.85. The van der Waals surface area contributed by atoms with E-state index in [1.807, 2.05) is 11.8 Å². The predicted molar refractivity (Wildman–Crippen MR) is 112 cm³/mol. The summed E-state index contributed by atoms with van der Waals surface area (Å²) in [6.07, 6.45) is 7.23. The summed E-state index contributed by atoms with van der Waals surface area (Å²) in [4.78, 5) is 22.9. The van der Waals surface area contributed by atoms with Crippen LogP contribution in [0.2, 0.25) is 0 Å². The number of amides is 1. The minimum Gasteiger partial charge on any atom is -0.354 e. The van der Waals surface area contributed by atoms with Crippen LogP contribution in [0, 0.1) is 17.0 Å². The van der Waals surface area contributed by atoms with Gasteiger partial charge in [-0.2, -0.15) is 11.8 Å². The van der Waals surface area contributed by atoms with Crippen LogP contribution >= 0.6 is 11.8 Å². The van der Waals surface area contributed by atoms with Gasteiger partial charge in [0.2, 0.25) is 15.9 Å². The Hall–Kier alpha value is -1.81. The number of hydrogen-bond donors (Lipinski definition) is 1. The highest BCUT2D eigenvalue weighted by Gasteiger charge is 2.25. The molecule has 0 spiro atoms. The average molecular weight is 430 g/mol. The molecule has 0 atom stereocenters. The summed E-state index contributed by atoms with van der Waals surface area (Å²) in [6.45, 7) is 1.53. The molecule has 1 aromatic rings. The highest BCUT2D eigenvalue weighted by Crippen LogP contribution is 2.30. The van der Waals surface area contributed by atoms with Gasteiger partial charge in [0.1, 0.15) is 6.54 Å². The Morgan fingerprint density at radius 1 is 1.32 bits per heavy atom. The summed E-state index contributed by atoms with van der Waals surface area (Å²) in [5.74, 6) is 0.353. The molecule has 28 heavy (non-hydrogen) atoms. The zero-order valence-corrected chi connectivity index (χ0v) is 17.9. The van der Waals surface area contributed by atoms with Gasteiger partial charge in [-0.1, -0.05) is 25.3 Å². The molecule has 0 aromatic heterocycles. The molecule has 0 radical (unpaired) electrons. The third-order valence-corrected chi connectivity index (χ3v) is 7.27. The van der Waals surface area contributed by atoms with E-state index in [2.05, 4.69) is 5.32 Å². The third-order valence-electron chi connectivity index (χ3n) is 4.76. The highest BCUT2D eigenvalue weighted by atomic mass is 32.2. The molecule has 1 N–H and O–H groups in total. The van der Waals surface area contributed by atoms with E-state index >= 15 is 0 Å². The van der Waals surface area contributed by atoms with Gasteiger partial charge < -0.3 is 5.32 Å². The van der Waals surface area contributed by atoms with Crippen molar-refractivity contribution in [2.75, 3.05) is 29.4 Å². The Morgan fingerprint density at radius 3 is 2.61 bits per heavy atom. The second-order valence-electron chi connectivity index (χ2n) is 6.93. The molecule has 2 rings (SSSR count). The third kappa shape index (κ3) is 6.37. The highest BCUT2D eigenvalue weighted by molar-refractivity contribution is 7.99. The van der Waals surface area contributed by atoms with Gasteiger partial charge in [-0.05, 0) is 25.8 Å². The Kier molecular flexibility index (Phi) is 8.11. The Morgan fingerprint density at radius 2 is 2.00 bits per heavy atom. The average Bonchev–Trinajstić information content (AvgIpc) is 2.63. The Labute approximate surface area is 170 Å². The molecule has 1 amide bonds. The van der Waals surface area contributed by atoms with Gasteiger partial charge in [0, 0.05) is 23.6 Å². The molecular formula is C18H27N3O5S2. The summed E-state index contributed by atoms with van der Waals surface area (Å²) in [7, 11) is -3.78. The molecular weight excluding hydrogens is 402 g/mol. The molecule has 1 saturated carbocycles. The Balaban J connectivity index is 1.98. The molecule has 1 aliphatic carbocycles. The van der Waals surface area contributed by atoms with Crippen LogP contribution in [-0.2, 0) is 14.8 Å². The fourth-order valence-electron chi connectivity index (χ4n) is 3.29. The van der Waals surface area contributed by atoms with Crippen molar-refractivity contribution in [1.29, 1.82) is 0 Å². The van der Waals surface area contributed by atoms with Crippen LogP contribution in [-0.4, -0.2) is 49.6 Å². The number of anilines is 1. The largest absolute Gasteiger partial charge is 0.354 e. The lowest BCUT2D eigenvalue weighted by Gasteiger charge is -2.24. The first-order valence-corrected chi connectivity index (χ1v) is 12.2. The number of hydrogen-bond acceptors (Lipinski definition) is 6. The first-order valence-electron chi connectivity index (χ1n) is 9.30. The monoisotopic (exact) mass is 429 g/mol. The second-order valence-corrected chi connectivity index (χ2v) is 10.2. The summed E-state index contributed by atoms with van der Waals surface area (Å²) in [6, 6.07) is 4.19. The van der Waals surface area contributed by atoms with Gasteiger partial charge in [0.15, 0.2) is 0 Å². The standard InChI is InChI=1S/C18H27N3O5S2/c1-14-16(9-6-10-17(14)21(23)24)20(28(2,25)26)13-18(22)19-11-12-27-15-7-4-3-5-8-15/h6,9-10,15H,3-5,7-8,11-13H2,1-2H3,(H,19,22). The number of thioether (sulfide) groups is 1. The zero-order chi connectivity index (χ0) is 20.7. The van der Waals surface area contributed by atoms with Crippen molar-refractivity contribution in [2.45, 2.75) is 44.3 Å². The molecule has 0 bridgehead atoms. The topological polar surface area (TPSA) is 110 Å². The minimum absolute atomic E-state index is 0.142. The maximum absolute atomic E-state index is 12.3. The van der Waals surface area contributed by atoms with Gasteiger partial charge in [0.05, 0.1) is 22.4 Å². The van der Waals surface area contributed by atoms with Gasteiger partial charge in [-0.15, -0.1) is 0 Å². The fourth-order valence-corrected chi connectivity index (χ4v) is 5.42. The summed E-state index contributed by atoms with van der Waals surface area (Å²) in [5, 5.41) is 14.5. The quantitative estimate of drug-likeness (QED) is 0.367. The van der Waals surface area contributed by atoms with Crippen molar-refractivity contribution in [3.8, 4) is 0 Å². The molecule has 0 aliphatic heterocycles. The number of benzene rings is 1. The SMILES string of the molecule is Cc1c(N(CC(=O)NCCSC2CCCCC2)S(C)(=O)=O)cccc1[N+](=O)[O-]. The van der Waals surface area contributed by atoms with E-state index in [1.54, 1.807) is 0 Å². The number of nitro groups is 1. The normalized spacial score (nSPS) is 15.2. The van der Waals surface area contributed by atoms with E-state index in [1.165, 1.54) is 57.2 Å². The molecule has 1 aromatic carbocycles. The molecule has 0 heterocycles. The number of nitro benzene ring substituents is 1. The number of nitrogens with one attached hydrogen (secondary N) is 1. The Bertz CT molecular complexity index is 807. The number of sulfonamides is 1. The lowest BCUT2D eigenvalue weighted by molar-refractivity contribution is -0.385. The number of carbonyl (C=O) groups is 1. The van der Waals surface area contributed by atoms with Crippen LogP contribution in [0.15, 0.2) is 18.2 Å². The van der Waals surface area contributed by atoms with Crippen molar-refractivity contribution in [3.05, 3.63) is 33.9 Å². The van der Waals surface area contributed by atoms with E-state index in [0.717, 1.165) is 16.3 Å². The van der Waals surface area contributed by atoms with E-state index < -0.39 is 27.4 Å². The van der Waals surface area contributed by atoms with Crippen LogP contribution in [0.1, 0.15) is 37.7 Å². The molecule has 156 valence electrons. The summed E-state index contributed by atoms with van der Waals surface area (Å²) in [5.41, 5.74) is 0.164. The molecule has 8 nitrogen and oxygen atoms in total. The molecule has 1 aliphatic rings. The maximum atomic E-state index is 12.3. The number of nitrogens with zero attached hydrogens (tertiary/aromatic N) is 2. The summed E-state index contributed by atoms with van der Waals surface area (Å²) < 4.78 is 25.3. The van der Waals surface area contributed by atoms with Gasteiger partial charge in [-0.3, -0.25) is 19.2 Å². The second kappa shape index (κ2) is 10.1. The summed E-state index contributed by atoms with van der Waals surface area (Å²) >= 11 is 1.85. The van der Waals surface area contributed by atoms with Crippen molar-refractivity contribution < 1.29 is 18.1 Å². The van der Waals surface area contributed by atoms with E-state index in [-0.39, 0.29) is 16.9 Å². The van der Waals surface area contributed by atoms with Gasteiger partial charge in [0.25, 0.3) is 5.69 Å². The van der Waals surface area contributed by atoms with Crippen LogP contribution in [0.4, 0.5) is 11.4 Å². The lowest BCUT2D eigenvalue weighted by Crippen LogP contribution is -2.41. The van der Waals surface area contributed by atoms with E-state index in [4.69, 9.17) is 0 Å².